The van der Waals surface area contributed by atoms with Crippen molar-refractivity contribution in [1.82, 2.24) is 4.90 Å². The van der Waals surface area contributed by atoms with Crippen molar-refractivity contribution >= 4 is 45.4 Å². The van der Waals surface area contributed by atoms with Gasteiger partial charge in [0, 0.05) is 48.9 Å². The van der Waals surface area contributed by atoms with Gasteiger partial charge in [-0.1, -0.05) is 66.7 Å². The zero-order valence-electron chi connectivity index (χ0n) is 18.6. The highest BCUT2D eigenvalue weighted by atomic mass is 32.2. The summed E-state index contributed by atoms with van der Waals surface area (Å²) in [5.41, 5.74) is 2.28. The van der Waals surface area contributed by atoms with E-state index < -0.39 is 0 Å². The number of thioether (sulfide) groups is 1. The van der Waals surface area contributed by atoms with Crippen LogP contribution in [0.5, 0.6) is 0 Å². The molecule has 0 saturated carbocycles. The van der Waals surface area contributed by atoms with Crippen molar-refractivity contribution in [2.24, 2.45) is 4.99 Å². The number of furan rings is 1. The van der Waals surface area contributed by atoms with Gasteiger partial charge in [-0.2, -0.15) is 4.99 Å². The Morgan fingerprint density at radius 2 is 1.53 bits per heavy atom. The fourth-order valence-electron chi connectivity index (χ4n) is 4.47. The quantitative estimate of drug-likeness (QED) is 0.353. The van der Waals surface area contributed by atoms with E-state index in [0.29, 0.717) is 10.7 Å². The van der Waals surface area contributed by atoms with E-state index in [0.717, 1.165) is 42.7 Å². The maximum absolute atomic E-state index is 12.6. The van der Waals surface area contributed by atoms with E-state index in [1.165, 1.54) is 28.2 Å². The molecule has 0 radical (unpaired) electrons. The number of carbonyl (C=O) groups excluding carboxylic acids is 1. The van der Waals surface area contributed by atoms with Crippen LogP contribution in [-0.2, 0) is 4.79 Å². The number of hydrogen-bond acceptors (Lipinski definition) is 5. The van der Waals surface area contributed by atoms with Gasteiger partial charge in [-0.15, -0.1) is 0 Å². The molecule has 1 saturated heterocycles. The molecule has 6 rings (SSSR count). The Bertz CT molecular complexity index is 1410. The van der Waals surface area contributed by atoms with Gasteiger partial charge in [0.25, 0.3) is 5.91 Å². The third-order valence-corrected chi connectivity index (χ3v) is 7.27. The highest BCUT2D eigenvalue weighted by molar-refractivity contribution is 8.18. The lowest BCUT2D eigenvalue weighted by Gasteiger charge is -2.37. The number of amides is 1. The smallest absolute Gasteiger partial charge is 0.286 e. The summed E-state index contributed by atoms with van der Waals surface area (Å²) in [7, 11) is 0. The number of piperazine rings is 1. The van der Waals surface area contributed by atoms with Crippen LogP contribution >= 0.6 is 11.8 Å². The third-order valence-electron chi connectivity index (χ3n) is 6.23. The van der Waals surface area contributed by atoms with Crippen LogP contribution in [0.25, 0.3) is 28.2 Å². The van der Waals surface area contributed by atoms with Crippen LogP contribution < -0.4 is 4.90 Å². The largest absolute Gasteiger partial charge is 0.457 e. The number of fused-ring (bicyclic) bond motifs is 1. The molecule has 1 fully saturated rings. The summed E-state index contributed by atoms with van der Waals surface area (Å²) >= 11 is 1.43. The predicted octanol–water partition coefficient (Wildman–Crippen LogP) is 5.89. The van der Waals surface area contributed by atoms with E-state index in [1.54, 1.807) is 6.08 Å². The molecule has 4 aromatic rings. The summed E-state index contributed by atoms with van der Waals surface area (Å²) in [6, 6.07) is 28.7. The highest BCUT2D eigenvalue weighted by Crippen LogP contribution is 2.33. The molecule has 3 aromatic carbocycles. The molecule has 0 atom stereocenters. The van der Waals surface area contributed by atoms with Gasteiger partial charge in [0.15, 0.2) is 5.17 Å². The summed E-state index contributed by atoms with van der Waals surface area (Å²) in [6.07, 6.45) is 1.79. The standard InChI is InChI=1S/C28H23N3O2S/c32-27-26(19-22-13-14-25(33-22)21-8-2-1-3-9-21)34-28(29-27)31-17-15-30(16-18-31)24-12-6-10-20-7-4-5-11-23(20)24/h1-14,19H,15-18H2/b26-19-. The summed E-state index contributed by atoms with van der Waals surface area (Å²) in [4.78, 5) is 22.2. The van der Waals surface area contributed by atoms with Crippen molar-refractivity contribution in [3.63, 3.8) is 0 Å². The minimum Gasteiger partial charge on any atom is -0.457 e. The van der Waals surface area contributed by atoms with Crippen LogP contribution in [0.2, 0.25) is 0 Å². The minimum atomic E-state index is -0.200. The second-order valence-corrected chi connectivity index (χ2v) is 9.36. The zero-order valence-corrected chi connectivity index (χ0v) is 19.4. The number of benzene rings is 3. The maximum atomic E-state index is 12.6. The molecule has 2 aliphatic heterocycles. The lowest BCUT2D eigenvalue weighted by Crippen LogP contribution is -2.47. The van der Waals surface area contributed by atoms with Crippen LogP contribution in [0.1, 0.15) is 5.76 Å². The molecule has 0 N–H and O–H groups in total. The predicted molar refractivity (Wildman–Crippen MR) is 140 cm³/mol. The number of hydrogen-bond donors (Lipinski definition) is 0. The van der Waals surface area contributed by atoms with E-state index in [1.807, 2.05) is 42.5 Å². The minimum absolute atomic E-state index is 0.200. The summed E-state index contributed by atoms with van der Waals surface area (Å²) in [6.45, 7) is 3.43. The monoisotopic (exact) mass is 465 g/mol. The Labute approximate surface area is 202 Å². The van der Waals surface area contributed by atoms with Crippen molar-refractivity contribution in [2.75, 3.05) is 31.1 Å². The molecular weight excluding hydrogens is 442 g/mol. The summed E-state index contributed by atoms with van der Waals surface area (Å²) in [5, 5.41) is 3.32. The second-order valence-electron chi connectivity index (χ2n) is 8.35. The van der Waals surface area contributed by atoms with Crippen LogP contribution in [0.3, 0.4) is 0 Å². The van der Waals surface area contributed by atoms with Gasteiger partial charge >= 0.3 is 0 Å². The van der Waals surface area contributed by atoms with Gasteiger partial charge in [-0.25, -0.2) is 0 Å². The number of aliphatic imine (C=N–C) groups is 1. The number of anilines is 1. The number of nitrogens with zero attached hydrogens (tertiary/aromatic N) is 3. The average molecular weight is 466 g/mol. The third kappa shape index (κ3) is 4.01. The Hall–Kier alpha value is -3.77. The fraction of sp³-hybridized carbons (Fsp3) is 0.143. The van der Waals surface area contributed by atoms with Crippen molar-refractivity contribution in [1.29, 1.82) is 0 Å². The second kappa shape index (κ2) is 8.88. The van der Waals surface area contributed by atoms with Crippen molar-refractivity contribution in [2.45, 2.75) is 0 Å². The Balaban J connectivity index is 1.13. The number of rotatable bonds is 3. The van der Waals surface area contributed by atoms with Gasteiger partial charge in [0.1, 0.15) is 11.5 Å². The highest BCUT2D eigenvalue weighted by Gasteiger charge is 2.29. The summed E-state index contributed by atoms with van der Waals surface area (Å²) in [5.74, 6) is 1.25. The fourth-order valence-corrected chi connectivity index (χ4v) is 5.42. The normalized spacial score (nSPS) is 17.6. The van der Waals surface area contributed by atoms with E-state index >= 15 is 0 Å². The lowest BCUT2D eigenvalue weighted by molar-refractivity contribution is -0.113. The Morgan fingerprint density at radius 1 is 0.794 bits per heavy atom. The van der Waals surface area contributed by atoms with E-state index in [2.05, 4.69) is 57.3 Å². The summed E-state index contributed by atoms with van der Waals surface area (Å²) < 4.78 is 5.95. The van der Waals surface area contributed by atoms with Crippen LogP contribution in [0, 0.1) is 0 Å². The topological polar surface area (TPSA) is 49.1 Å². The van der Waals surface area contributed by atoms with Crippen LogP contribution in [-0.4, -0.2) is 42.2 Å². The van der Waals surface area contributed by atoms with Gasteiger partial charge < -0.3 is 14.2 Å². The molecule has 2 aliphatic rings. The molecule has 0 aliphatic carbocycles. The molecule has 6 heteroatoms. The first kappa shape index (κ1) is 20.8. The first-order valence-corrected chi connectivity index (χ1v) is 12.2. The van der Waals surface area contributed by atoms with Gasteiger partial charge in [-0.05, 0) is 35.3 Å². The maximum Gasteiger partial charge on any atom is 0.286 e. The van der Waals surface area contributed by atoms with Crippen LogP contribution in [0.15, 0.2) is 99.2 Å². The Morgan fingerprint density at radius 3 is 2.38 bits per heavy atom. The number of carbonyl (C=O) groups is 1. The molecule has 5 nitrogen and oxygen atoms in total. The van der Waals surface area contributed by atoms with E-state index in [4.69, 9.17) is 4.42 Å². The molecular formula is C28H23N3O2S. The molecule has 1 aromatic heterocycles. The van der Waals surface area contributed by atoms with Crippen molar-refractivity contribution in [3.05, 3.63) is 95.6 Å². The van der Waals surface area contributed by atoms with Crippen molar-refractivity contribution in [3.8, 4) is 11.3 Å². The van der Waals surface area contributed by atoms with Gasteiger partial charge in [0.05, 0.1) is 4.91 Å². The molecule has 0 unspecified atom stereocenters. The van der Waals surface area contributed by atoms with E-state index in [-0.39, 0.29) is 5.91 Å². The zero-order chi connectivity index (χ0) is 22.9. The first-order chi connectivity index (χ1) is 16.7. The lowest BCUT2D eigenvalue weighted by atomic mass is 10.1. The van der Waals surface area contributed by atoms with E-state index in [9.17, 15) is 4.79 Å². The van der Waals surface area contributed by atoms with Gasteiger partial charge in [-0.3, -0.25) is 4.79 Å². The van der Waals surface area contributed by atoms with Crippen LogP contribution in [0.4, 0.5) is 5.69 Å². The molecule has 0 bridgehead atoms. The average Bonchev–Trinajstić information content (AvgIpc) is 3.51. The molecule has 168 valence electrons. The molecule has 0 spiro atoms. The van der Waals surface area contributed by atoms with Crippen molar-refractivity contribution < 1.29 is 9.21 Å². The SMILES string of the molecule is O=C1N=C(N2CCN(c3cccc4ccccc34)CC2)S/C1=C\c1ccc(-c2ccccc2)o1. The molecule has 3 heterocycles. The Kier molecular flexibility index (Phi) is 5.43. The number of amidine groups is 1. The molecule has 1 amide bonds. The molecule has 34 heavy (non-hydrogen) atoms. The first-order valence-electron chi connectivity index (χ1n) is 11.4. The van der Waals surface area contributed by atoms with Gasteiger partial charge in [0.2, 0.25) is 0 Å².